The van der Waals surface area contributed by atoms with Gasteiger partial charge in [-0.1, -0.05) is 0 Å². The number of anilines is 1. The van der Waals surface area contributed by atoms with Crippen molar-refractivity contribution >= 4 is 22.6 Å². The van der Waals surface area contributed by atoms with Crippen LogP contribution < -0.4 is 10.6 Å². The van der Waals surface area contributed by atoms with Gasteiger partial charge in [0.2, 0.25) is 5.91 Å². The summed E-state index contributed by atoms with van der Waals surface area (Å²) in [6.07, 6.45) is 0. The molecule has 1 aromatic carbocycles. The summed E-state index contributed by atoms with van der Waals surface area (Å²) in [5.74, 6) is 1.16. The fraction of sp³-hybridized carbons (Fsp3) is 0.385. The third kappa shape index (κ3) is 1.76. The minimum Gasteiger partial charge on any atom is -0.331 e. The molecule has 1 saturated heterocycles. The number of benzene rings is 1. The summed E-state index contributed by atoms with van der Waals surface area (Å²) in [6.45, 7) is 3.52. The van der Waals surface area contributed by atoms with Gasteiger partial charge in [0.05, 0.1) is 17.0 Å². The molecule has 1 aliphatic heterocycles. The Morgan fingerprint density at radius 2 is 2.28 bits per heavy atom. The van der Waals surface area contributed by atoms with Gasteiger partial charge in [0.25, 0.3) is 0 Å². The predicted molar refractivity (Wildman–Crippen MR) is 70.4 cm³/mol. The fourth-order valence-corrected chi connectivity index (χ4v) is 2.12. The molecular weight excluding hydrogens is 228 g/mol. The Labute approximate surface area is 105 Å². The Morgan fingerprint density at radius 1 is 1.50 bits per heavy atom. The molecule has 5 nitrogen and oxygen atoms in total. The highest BCUT2D eigenvalue weighted by molar-refractivity contribution is 5.95. The van der Waals surface area contributed by atoms with Crippen LogP contribution in [-0.2, 0) is 11.8 Å². The van der Waals surface area contributed by atoms with Gasteiger partial charge in [-0.2, -0.15) is 0 Å². The molecule has 0 spiro atoms. The lowest BCUT2D eigenvalue weighted by atomic mass is 10.0. The number of hydrogen-bond donors (Lipinski definition) is 2. The Hall–Kier alpha value is -1.88. The molecule has 0 aliphatic carbocycles. The second-order valence-corrected chi connectivity index (χ2v) is 4.77. The van der Waals surface area contributed by atoms with Crippen LogP contribution in [0.5, 0.6) is 0 Å². The number of nitrogens with zero attached hydrogens (tertiary/aromatic N) is 2. The first-order valence-corrected chi connectivity index (χ1v) is 6.10. The number of fused-ring (bicyclic) bond motifs is 1. The van der Waals surface area contributed by atoms with E-state index in [1.807, 2.05) is 36.7 Å². The van der Waals surface area contributed by atoms with Gasteiger partial charge in [-0.3, -0.25) is 4.79 Å². The average molecular weight is 244 g/mol. The van der Waals surface area contributed by atoms with Crippen molar-refractivity contribution in [3.8, 4) is 0 Å². The smallest absolute Gasteiger partial charge is 0.230 e. The van der Waals surface area contributed by atoms with E-state index in [2.05, 4.69) is 15.6 Å². The first kappa shape index (κ1) is 11.2. The highest BCUT2D eigenvalue weighted by Crippen LogP contribution is 2.20. The zero-order valence-corrected chi connectivity index (χ0v) is 10.5. The van der Waals surface area contributed by atoms with Crippen molar-refractivity contribution < 1.29 is 4.79 Å². The van der Waals surface area contributed by atoms with Crippen LogP contribution >= 0.6 is 0 Å². The first-order chi connectivity index (χ1) is 8.65. The Bertz CT molecular complexity index is 613. The quantitative estimate of drug-likeness (QED) is 0.830. The number of aromatic nitrogens is 2. The van der Waals surface area contributed by atoms with Gasteiger partial charge in [-0.05, 0) is 25.1 Å². The highest BCUT2D eigenvalue weighted by atomic mass is 16.2. The number of amides is 1. The lowest BCUT2D eigenvalue weighted by Gasteiger charge is -2.25. The molecule has 0 bridgehead atoms. The number of nitrogens with one attached hydrogen (secondary N) is 2. The Balaban J connectivity index is 1.86. The molecule has 1 aliphatic rings. The topological polar surface area (TPSA) is 59.0 Å². The van der Waals surface area contributed by atoms with E-state index in [-0.39, 0.29) is 11.8 Å². The highest BCUT2D eigenvalue weighted by Gasteiger charge is 2.24. The van der Waals surface area contributed by atoms with Gasteiger partial charge in [-0.15, -0.1) is 0 Å². The molecular formula is C13H16N4O. The summed E-state index contributed by atoms with van der Waals surface area (Å²) in [4.78, 5) is 16.3. The third-order valence-corrected chi connectivity index (χ3v) is 3.52. The van der Waals surface area contributed by atoms with Gasteiger partial charge in [0, 0.05) is 25.8 Å². The molecule has 0 unspecified atom stereocenters. The number of aryl methyl sites for hydroxylation is 2. The molecule has 1 amide bonds. The summed E-state index contributed by atoms with van der Waals surface area (Å²) in [6, 6.07) is 5.84. The lowest BCUT2D eigenvalue weighted by Crippen LogP contribution is -2.48. The van der Waals surface area contributed by atoms with E-state index in [0.717, 1.165) is 35.6 Å². The van der Waals surface area contributed by atoms with Gasteiger partial charge < -0.3 is 15.2 Å². The van der Waals surface area contributed by atoms with Crippen molar-refractivity contribution in [1.82, 2.24) is 14.9 Å². The van der Waals surface area contributed by atoms with Gasteiger partial charge >= 0.3 is 0 Å². The second-order valence-electron chi connectivity index (χ2n) is 4.77. The van der Waals surface area contributed by atoms with E-state index in [1.54, 1.807) is 0 Å². The predicted octanol–water partition coefficient (Wildman–Crippen LogP) is 1.04. The summed E-state index contributed by atoms with van der Waals surface area (Å²) < 4.78 is 2.04. The minimum absolute atomic E-state index is 0.0840. The largest absolute Gasteiger partial charge is 0.331 e. The maximum absolute atomic E-state index is 11.8. The van der Waals surface area contributed by atoms with Crippen molar-refractivity contribution in [3.05, 3.63) is 24.0 Å². The molecule has 2 aromatic rings. The molecule has 0 radical (unpaired) electrons. The lowest BCUT2D eigenvalue weighted by molar-refractivity contribution is -0.121. The van der Waals surface area contributed by atoms with Crippen molar-refractivity contribution in [3.63, 3.8) is 0 Å². The Morgan fingerprint density at radius 3 is 2.94 bits per heavy atom. The van der Waals surface area contributed by atoms with Crippen molar-refractivity contribution in [2.24, 2.45) is 13.0 Å². The molecule has 0 saturated carbocycles. The van der Waals surface area contributed by atoms with Crippen LogP contribution in [0.15, 0.2) is 18.2 Å². The SMILES string of the molecule is Cc1nc2cc(NC(=O)C3CNC3)ccc2n1C. The Kier molecular flexibility index (Phi) is 2.56. The number of imidazole rings is 1. The molecule has 18 heavy (non-hydrogen) atoms. The molecule has 1 fully saturated rings. The summed E-state index contributed by atoms with van der Waals surface area (Å²) in [5, 5.41) is 6.03. The number of hydrogen-bond acceptors (Lipinski definition) is 3. The average Bonchev–Trinajstić information content (AvgIpc) is 2.52. The van der Waals surface area contributed by atoms with E-state index in [9.17, 15) is 4.79 Å². The van der Waals surface area contributed by atoms with Crippen molar-refractivity contribution in [2.75, 3.05) is 18.4 Å². The summed E-state index contributed by atoms with van der Waals surface area (Å²) in [7, 11) is 1.99. The molecule has 0 atom stereocenters. The zero-order chi connectivity index (χ0) is 12.7. The van der Waals surface area contributed by atoms with E-state index >= 15 is 0 Å². The molecule has 1 aromatic heterocycles. The number of carbonyl (C=O) groups excluding carboxylic acids is 1. The second kappa shape index (κ2) is 4.10. The fourth-order valence-electron chi connectivity index (χ4n) is 2.12. The van der Waals surface area contributed by atoms with Crippen LogP contribution in [0.3, 0.4) is 0 Å². The van der Waals surface area contributed by atoms with E-state index in [4.69, 9.17) is 0 Å². The van der Waals surface area contributed by atoms with Gasteiger partial charge in [0.15, 0.2) is 0 Å². The molecule has 2 heterocycles. The van der Waals surface area contributed by atoms with E-state index < -0.39 is 0 Å². The molecule has 3 rings (SSSR count). The zero-order valence-electron chi connectivity index (χ0n) is 10.5. The van der Waals surface area contributed by atoms with Crippen molar-refractivity contribution in [1.29, 1.82) is 0 Å². The van der Waals surface area contributed by atoms with Crippen LogP contribution in [0, 0.1) is 12.8 Å². The molecule has 2 N–H and O–H groups in total. The number of carbonyl (C=O) groups is 1. The van der Waals surface area contributed by atoms with Crippen molar-refractivity contribution in [2.45, 2.75) is 6.92 Å². The van der Waals surface area contributed by atoms with E-state index in [0.29, 0.717) is 0 Å². The van der Waals surface area contributed by atoms with Crippen LogP contribution in [0.1, 0.15) is 5.82 Å². The van der Waals surface area contributed by atoms with E-state index in [1.165, 1.54) is 0 Å². The summed E-state index contributed by atoms with van der Waals surface area (Å²) >= 11 is 0. The first-order valence-electron chi connectivity index (χ1n) is 6.10. The summed E-state index contributed by atoms with van der Waals surface area (Å²) in [5.41, 5.74) is 2.81. The number of rotatable bonds is 2. The monoisotopic (exact) mass is 244 g/mol. The maximum atomic E-state index is 11.8. The normalized spacial score (nSPS) is 15.7. The van der Waals surface area contributed by atoms with Gasteiger partial charge in [0.1, 0.15) is 5.82 Å². The van der Waals surface area contributed by atoms with Crippen LogP contribution in [0.2, 0.25) is 0 Å². The third-order valence-electron chi connectivity index (χ3n) is 3.52. The van der Waals surface area contributed by atoms with Crippen LogP contribution in [-0.4, -0.2) is 28.5 Å². The van der Waals surface area contributed by atoms with Crippen LogP contribution in [0.25, 0.3) is 11.0 Å². The van der Waals surface area contributed by atoms with Gasteiger partial charge in [-0.25, -0.2) is 4.98 Å². The minimum atomic E-state index is 0.0840. The van der Waals surface area contributed by atoms with Crippen LogP contribution in [0.4, 0.5) is 5.69 Å². The molecule has 5 heteroatoms. The standard InChI is InChI=1S/C13H16N4O/c1-8-15-11-5-10(3-4-12(11)17(8)2)16-13(18)9-6-14-7-9/h3-5,9,14H,6-7H2,1-2H3,(H,16,18). The molecule has 94 valence electrons. The maximum Gasteiger partial charge on any atom is 0.230 e.